The molecule has 2 fully saturated rings. The lowest BCUT2D eigenvalue weighted by molar-refractivity contribution is -0.118. The van der Waals surface area contributed by atoms with Gasteiger partial charge in [0.05, 0.1) is 18.3 Å². The fourth-order valence-corrected chi connectivity index (χ4v) is 3.03. The third-order valence-electron chi connectivity index (χ3n) is 4.07. The molecule has 0 bridgehead atoms. The van der Waals surface area contributed by atoms with E-state index in [1.807, 2.05) is 0 Å². The van der Waals surface area contributed by atoms with Crippen LogP contribution in [0.2, 0.25) is 0 Å². The van der Waals surface area contributed by atoms with Gasteiger partial charge in [-0.25, -0.2) is 0 Å². The smallest absolute Gasteiger partial charge is 0.0843 e. The van der Waals surface area contributed by atoms with E-state index in [4.69, 9.17) is 9.47 Å². The van der Waals surface area contributed by atoms with Gasteiger partial charge in [0.1, 0.15) is 0 Å². The Morgan fingerprint density at radius 2 is 1.81 bits per heavy atom. The Kier molecular flexibility index (Phi) is 4.62. The third-order valence-corrected chi connectivity index (χ3v) is 4.07. The molecule has 1 N–H and O–H groups in total. The summed E-state index contributed by atoms with van der Waals surface area (Å²) in [6.45, 7) is 0.293. The van der Waals surface area contributed by atoms with Crippen molar-refractivity contribution in [1.29, 1.82) is 0 Å². The van der Waals surface area contributed by atoms with Crippen molar-refractivity contribution in [3.8, 4) is 0 Å². The van der Waals surface area contributed by atoms with Gasteiger partial charge in [-0.2, -0.15) is 0 Å². The van der Waals surface area contributed by atoms with Gasteiger partial charge in [-0.1, -0.05) is 12.8 Å². The van der Waals surface area contributed by atoms with Crippen LogP contribution in [-0.4, -0.2) is 37.1 Å². The highest BCUT2D eigenvalue weighted by Gasteiger charge is 2.33. The first kappa shape index (κ1) is 12.3. The van der Waals surface area contributed by atoms with Gasteiger partial charge in [0, 0.05) is 13.7 Å². The molecule has 3 heteroatoms. The molecule has 0 aromatic rings. The maximum atomic E-state index is 9.23. The molecule has 2 aliphatic carbocycles. The minimum atomic E-state index is 0.207. The topological polar surface area (TPSA) is 38.7 Å². The first-order valence-electron chi connectivity index (χ1n) is 6.62. The molecule has 16 heavy (non-hydrogen) atoms. The molecule has 0 aliphatic heterocycles. The third kappa shape index (κ3) is 2.96. The Morgan fingerprint density at radius 1 is 1.06 bits per heavy atom. The van der Waals surface area contributed by atoms with Crippen molar-refractivity contribution in [3.05, 3.63) is 0 Å². The maximum absolute atomic E-state index is 9.23. The van der Waals surface area contributed by atoms with Crippen molar-refractivity contribution in [2.45, 2.75) is 63.3 Å². The summed E-state index contributed by atoms with van der Waals surface area (Å²) in [5.41, 5.74) is 0. The predicted molar refractivity (Wildman–Crippen MR) is 62.4 cm³/mol. The molecule has 3 nitrogen and oxygen atoms in total. The zero-order valence-corrected chi connectivity index (χ0v) is 10.2. The van der Waals surface area contributed by atoms with Gasteiger partial charge < -0.3 is 14.6 Å². The SMILES string of the molecule is COC1CCC(CO)CC1OC1CCCC1. The molecular formula is C13H24O3. The number of aliphatic hydroxyl groups is 1. The second kappa shape index (κ2) is 5.99. The minimum Gasteiger partial charge on any atom is -0.396 e. The van der Waals surface area contributed by atoms with Gasteiger partial charge in [0.15, 0.2) is 0 Å². The zero-order valence-electron chi connectivity index (χ0n) is 10.2. The van der Waals surface area contributed by atoms with Crippen LogP contribution in [0.25, 0.3) is 0 Å². The van der Waals surface area contributed by atoms with Crippen molar-refractivity contribution >= 4 is 0 Å². The summed E-state index contributed by atoms with van der Waals surface area (Å²) in [6, 6.07) is 0. The molecule has 94 valence electrons. The number of aliphatic hydroxyl groups excluding tert-OH is 1. The molecule has 3 atom stereocenters. The molecule has 0 heterocycles. The highest BCUT2D eigenvalue weighted by molar-refractivity contribution is 4.83. The van der Waals surface area contributed by atoms with Crippen LogP contribution in [0.4, 0.5) is 0 Å². The highest BCUT2D eigenvalue weighted by Crippen LogP contribution is 2.31. The van der Waals surface area contributed by atoms with Gasteiger partial charge in [0.2, 0.25) is 0 Å². The molecule has 0 aromatic carbocycles. The lowest BCUT2D eigenvalue weighted by atomic mass is 9.85. The standard InChI is InChI=1S/C13H24O3/c1-15-12-7-6-10(9-14)8-13(12)16-11-4-2-3-5-11/h10-14H,2-9H2,1H3. The fraction of sp³-hybridized carbons (Fsp3) is 1.00. The van der Waals surface area contributed by atoms with Crippen LogP contribution in [0.15, 0.2) is 0 Å². The normalized spacial score (nSPS) is 36.8. The molecule has 2 saturated carbocycles. The summed E-state index contributed by atoms with van der Waals surface area (Å²) >= 11 is 0. The zero-order chi connectivity index (χ0) is 11.4. The van der Waals surface area contributed by atoms with Crippen LogP contribution in [0, 0.1) is 5.92 Å². The predicted octanol–water partition coefficient (Wildman–Crippen LogP) is 2.12. The van der Waals surface area contributed by atoms with Crippen LogP contribution in [-0.2, 0) is 9.47 Å². The van der Waals surface area contributed by atoms with Crippen molar-refractivity contribution in [2.24, 2.45) is 5.92 Å². The minimum absolute atomic E-state index is 0.207. The monoisotopic (exact) mass is 228 g/mol. The van der Waals surface area contributed by atoms with Crippen LogP contribution < -0.4 is 0 Å². The van der Waals surface area contributed by atoms with Crippen molar-refractivity contribution < 1.29 is 14.6 Å². The Morgan fingerprint density at radius 3 is 2.44 bits per heavy atom. The largest absolute Gasteiger partial charge is 0.396 e. The summed E-state index contributed by atoms with van der Waals surface area (Å²) in [5, 5.41) is 9.23. The number of hydrogen-bond acceptors (Lipinski definition) is 3. The first-order valence-corrected chi connectivity index (χ1v) is 6.62. The molecule has 0 radical (unpaired) electrons. The second-order valence-electron chi connectivity index (χ2n) is 5.22. The first-order chi connectivity index (χ1) is 7.83. The van der Waals surface area contributed by atoms with Crippen LogP contribution >= 0.6 is 0 Å². The van der Waals surface area contributed by atoms with Gasteiger partial charge in [-0.05, 0) is 38.0 Å². The van der Waals surface area contributed by atoms with Crippen LogP contribution in [0.3, 0.4) is 0 Å². The van der Waals surface area contributed by atoms with Gasteiger partial charge >= 0.3 is 0 Å². The quantitative estimate of drug-likeness (QED) is 0.801. The van der Waals surface area contributed by atoms with E-state index >= 15 is 0 Å². The lowest BCUT2D eigenvalue weighted by Gasteiger charge is -2.36. The Hall–Kier alpha value is -0.120. The number of hydrogen-bond donors (Lipinski definition) is 1. The average Bonchev–Trinajstić information content (AvgIpc) is 2.82. The van der Waals surface area contributed by atoms with Crippen molar-refractivity contribution in [2.75, 3.05) is 13.7 Å². The van der Waals surface area contributed by atoms with E-state index in [0.717, 1.165) is 19.3 Å². The highest BCUT2D eigenvalue weighted by atomic mass is 16.5. The summed E-state index contributed by atoms with van der Waals surface area (Å²) in [4.78, 5) is 0. The Balaban J connectivity index is 1.86. The summed E-state index contributed by atoms with van der Waals surface area (Å²) in [7, 11) is 1.77. The van der Waals surface area contributed by atoms with Crippen LogP contribution in [0.1, 0.15) is 44.9 Å². The Labute approximate surface area is 98.1 Å². The van der Waals surface area contributed by atoms with Crippen LogP contribution in [0.5, 0.6) is 0 Å². The van der Waals surface area contributed by atoms with E-state index in [9.17, 15) is 5.11 Å². The average molecular weight is 228 g/mol. The number of methoxy groups -OCH3 is 1. The van der Waals surface area contributed by atoms with Gasteiger partial charge in [-0.3, -0.25) is 0 Å². The van der Waals surface area contributed by atoms with E-state index in [1.54, 1.807) is 7.11 Å². The lowest BCUT2D eigenvalue weighted by Crippen LogP contribution is -2.40. The summed E-state index contributed by atoms with van der Waals surface area (Å²) in [6.07, 6.45) is 8.97. The van der Waals surface area contributed by atoms with Gasteiger partial charge in [-0.15, -0.1) is 0 Å². The molecule has 0 spiro atoms. The number of rotatable bonds is 4. The number of ether oxygens (including phenoxy) is 2. The van der Waals surface area contributed by atoms with Crippen molar-refractivity contribution in [3.63, 3.8) is 0 Å². The molecule has 3 unspecified atom stereocenters. The Bertz CT molecular complexity index is 201. The maximum Gasteiger partial charge on any atom is 0.0843 e. The molecule has 0 amide bonds. The van der Waals surface area contributed by atoms with E-state index in [2.05, 4.69) is 0 Å². The molecular weight excluding hydrogens is 204 g/mol. The molecule has 0 aromatic heterocycles. The van der Waals surface area contributed by atoms with E-state index in [-0.39, 0.29) is 12.2 Å². The molecule has 2 rings (SSSR count). The fourth-order valence-electron chi connectivity index (χ4n) is 3.03. The molecule has 2 aliphatic rings. The summed E-state index contributed by atoms with van der Waals surface area (Å²) in [5.74, 6) is 0.415. The van der Waals surface area contributed by atoms with Gasteiger partial charge in [0.25, 0.3) is 0 Å². The van der Waals surface area contributed by atoms with E-state index in [1.165, 1.54) is 25.7 Å². The summed E-state index contributed by atoms with van der Waals surface area (Å²) < 4.78 is 11.7. The second-order valence-corrected chi connectivity index (χ2v) is 5.22. The van der Waals surface area contributed by atoms with E-state index < -0.39 is 0 Å². The van der Waals surface area contributed by atoms with E-state index in [0.29, 0.717) is 18.6 Å². The van der Waals surface area contributed by atoms with Crippen molar-refractivity contribution in [1.82, 2.24) is 0 Å². The molecule has 0 saturated heterocycles.